The van der Waals surface area contributed by atoms with Crippen molar-refractivity contribution in [1.29, 1.82) is 0 Å². The molecule has 3 nitrogen and oxygen atoms in total. The van der Waals surface area contributed by atoms with Crippen molar-refractivity contribution >= 4 is 5.88 Å². The van der Waals surface area contributed by atoms with Crippen LogP contribution in [0.2, 0.25) is 0 Å². The number of benzene rings is 1. The zero-order valence-corrected chi connectivity index (χ0v) is 9.87. The highest BCUT2D eigenvalue weighted by Gasteiger charge is 2.13. The number of hydrogen-bond acceptors (Lipinski definition) is 3. The Morgan fingerprint density at radius 1 is 1.19 bits per heavy atom. The van der Waals surface area contributed by atoms with Crippen molar-refractivity contribution in [2.45, 2.75) is 27.2 Å². The summed E-state index contributed by atoms with van der Waals surface area (Å²) in [7, 11) is 0. The van der Waals surface area contributed by atoms with Gasteiger partial charge in [-0.05, 0) is 32.4 Å². The van der Waals surface area contributed by atoms with Gasteiger partial charge in [-0.1, -0.05) is 29.3 Å². The van der Waals surface area contributed by atoms with Crippen molar-refractivity contribution < 1.29 is 4.52 Å². The molecule has 0 radical (unpaired) electrons. The molecule has 0 spiro atoms. The van der Waals surface area contributed by atoms with E-state index in [0.717, 1.165) is 23.2 Å². The monoisotopic (exact) mass is 216 g/mol. The smallest absolute Gasteiger partial charge is 0.225 e. The molecular weight excluding hydrogens is 200 g/mol. The number of rotatable bonds is 2. The Labute approximate surface area is 95.3 Å². The third-order valence-corrected chi connectivity index (χ3v) is 2.67. The van der Waals surface area contributed by atoms with Crippen LogP contribution in [0.3, 0.4) is 0 Å². The van der Waals surface area contributed by atoms with Crippen LogP contribution in [-0.4, -0.2) is 5.16 Å². The fraction of sp³-hybridized carbons (Fsp3) is 0.308. The summed E-state index contributed by atoms with van der Waals surface area (Å²) in [4.78, 5) is 0. The highest BCUT2D eigenvalue weighted by Crippen LogP contribution is 2.28. The van der Waals surface area contributed by atoms with Gasteiger partial charge in [0.1, 0.15) is 5.69 Å². The molecule has 1 aromatic carbocycles. The number of hydrogen-bond donors (Lipinski definition) is 1. The van der Waals surface area contributed by atoms with Crippen molar-refractivity contribution in [3.63, 3.8) is 0 Å². The SMILES string of the molecule is CCc1c(-c2cc(C)cc(C)c2)noc1N. The van der Waals surface area contributed by atoms with E-state index in [2.05, 4.69) is 44.1 Å². The van der Waals surface area contributed by atoms with Gasteiger partial charge in [-0.15, -0.1) is 0 Å². The van der Waals surface area contributed by atoms with E-state index in [1.807, 2.05) is 0 Å². The van der Waals surface area contributed by atoms with Gasteiger partial charge in [0.25, 0.3) is 0 Å². The Morgan fingerprint density at radius 3 is 2.38 bits per heavy atom. The van der Waals surface area contributed by atoms with Gasteiger partial charge < -0.3 is 10.3 Å². The van der Waals surface area contributed by atoms with Gasteiger partial charge in [0, 0.05) is 11.1 Å². The molecule has 0 saturated carbocycles. The topological polar surface area (TPSA) is 52.0 Å². The fourth-order valence-electron chi connectivity index (χ4n) is 2.00. The van der Waals surface area contributed by atoms with Gasteiger partial charge in [-0.2, -0.15) is 0 Å². The van der Waals surface area contributed by atoms with Crippen LogP contribution in [-0.2, 0) is 6.42 Å². The highest BCUT2D eigenvalue weighted by atomic mass is 16.5. The maximum atomic E-state index is 5.74. The lowest BCUT2D eigenvalue weighted by Gasteiger charge is -2.03. The first-order chi connectivity index (χ1) is 7.61. The molecule has 0 aliphatic heterocycles. The van der Waals surface area contributed by atoms with Gasteiger partial charge in [0.05, 0.1) is 0 Å². The second kappa shape index (κ2) is 4.00. The minimum absolute atomic E-state index is 0.427. The highest BCUT2D eigenvalue weighted by molar-refractivity contribution is 5.68. The van der Waals surface area contributed by atoms with Crippen LogP contribution in [0.15, 0.2) is 22.7 Å². The molecule has 0 atom stereocenters. The van der Waals surface area contributed by atoms with Crippen molar-refractivity contribution in [2.24, 2.45) is 0 Å². The lowest BCUT2D eigenvalue weighted by Crippen LogP contribution is -1.91. The third-order valence-electron chi connectivity index (χ3n) is 2.67. The molecule has 0 amide bonds. The van der Waals surface area contributed by atoms with E-state index in [4.69, 9.17) is 10.3 Å². The molecule has 0 bridgehead atoms. The van der Waals surface area contributed by atoms with Gasteiger partial charge in [-0.25, -0.2) is 0 Å². The van der Waals surface area contributed by atoms with E-state index in [9.17, 15) is 0 Å². The molecule has 1 aromatic heterocycles. The Kier molecular flexibility index (Phi) is 2.69. The van der Waals surface area contributed by atoms with E-state index in [-0.39, 0.29) is 0 Å². The summed E-state index contributed by atoms with van der Waals surface area (Å²) in [6.45, 7) is 6.20. The standard InChI is InChI=1S/C13H16N2O/c1-4-11-12(15-16-13(11)14)10-6-8(2)5-9(3)7-10/h5-7H,4,14H2,1-3H3. The van der Waals surface area contributed by atoms with Gasteiger partial charge in [0.2, 0.25) is 5.88 Å². The lowest BCUT2D eigenvalue weighted by atomic mass is 10.0. The molecule has 1 heterocycles. The van der Waals surface area contributed by atoms with Gasteiger partial charge in [0.15, 0.2) is 0 Å². The second-order valence-electron chi connectivity index (χ2n) is 4.10. The Balaban J connectivity index is 2.58. The number of nitrogens with zero attached hydrogens (tertiary/aromatic N) is 1. The first kappa shape index (κ1) is 10.7. The molecule has 2 rings (SSSR count). The Morgan fingerprint density at radius 2 is 1.81 bits per heavy atom. The average molecular weight is 216 g/mol. The number of aromatic nitrogens is 1. The lowest BCUT2D eigenvalue weighted by molar-refractivity contribution is 0.438. The number of nitrogen functional groups attached to an aromatic ring is 1. The quantitative estimate of drug-likeness (QED) is 0.839. The number of nitrogens with two attached hydrogens (primary N) is 1. The van der Waals surface area contributed by atoms with E-state index < -0.39 is 0 Å². The van der Waals surface area contributed by atoms with Crippen LogP contribution < -0.4 is 5.73 Å². The summed E-state index contributed by atoms with van der Waals surface area (Å²) < 4.78 is 5.05. The van der Waals surface area contributed by atoms with Crippen molar-refractivity contribution in [2.75, 3.05) is 5.73 Å². The van der Waals surface area contributed by atoms with E-state index in [0.29, 0.717) is 5.88 Å². The van der Waals surface area contributed by atoms with E-state index in [1.54, 1.807) is 0 Å². The molecule has 2 aromatic rings. The fourth-order valence-corrected chi connectivity index (χ4v) is 2.00. The number of aryl methyl sites for hydroxylation is 2. The number of anilines is 1. The first-order valence-electron chi connectivity index (χ1n) is 5.44. The maximum absolute atomic E-state index is 5.74. The van der Waals surface area contributed by atoms with Gasteiger partial charge in [-0.3, -0.25) is 0 Å². The normalized spacial score (nSPS) is 10.7. The van der Waals surface area contributed by atoms with Crippen molar-refractivity contribution in [3.05, 3.63) is 34.9 Å². The average Bonchev–Trinajstić information content (AvgIpc) is 2.58. The van der Waals surface area contributed by atoms with Crippen LogP contribution in [0.4, 0.5) is 5.88 Å². The van der Waals surface area contributed by atoms with Crippen LogP contribution in [0.25, 0.3) is 11.3 Å². The molecule has 16 heavy (non-hydrogen) atoms. The van der Waals surface area contributed by atoms with Crippen LogP contribution in [0.1, 0.15) is 23.6 Å². The van der Waals surface area contributed by atoms with E-state index in [1.165, 1.54) is 11.1 Å². The molecule has 84 valence electrons. The zero-order valence-electron chi connectivity index (χ0n) is 9.87. The second-order valence-corrected chi connectivity index (χ2v) is 4.10. The Hall–Kier alpha value is -1.77. The predicted molar refractivity (Wildman–Crippen MR) is 65.2 cm³/mol. The van der Waals surface area contributed by atoms with Crippen LogP contribution in [0.5, 0.6) is 0 Å². The minimum Gasteiger partial charge on any atom is -0.367 e. The largest absolute Gasteiger partial charge is 0.367 e. The minimum atomic E-state index is 0.427. The van der Waals surface area contributed by atoms with E-state index >= 15 is 0 Å². The van der Waals surface area contributed by atoms with Crippen LogP contribution in [0, 0.1) is 13.8 Å². The molecular formula is C13H16N2O. The molecule has 0 aliphatic carbocycles. The maximum Gasteiger partial charge on any atom is 0.225 e. The van der Waals surface area contributed by atoms with Crippen LogP contribution >= 0.6 is 0 Å². The summed E-state index contributed by atoms with van der Waals surface area (Å²) >= 11 is 0. The molecule has 0 aliphatic rings. The van der Waals surface area contributed by atoms with Crippen molar-refractivity contribution in [3.8, 4) is 11.3 Å². The summed E-state index contributed by atoms with van der Waals surface area (Å²) in [6.07, 6.45) is 0.831. The predicted octanol–water partition coefficient (Wildman–Crippen LogP) is 3.10. The molecule has 3 heteroatoms. The third kappa shape index (κ3) is 1.81. The summed E-state index contributed by atoms with van der Waals surface area (Å²) in [5.74, 6) is 0.427. The summed E-state index contributed by atoms with van der Waals surface area (Å²) in [5.41, 5.74) is 11.1. The molecule has 2 N–H and O–H groups in total. The van der Waals surface area contributed by atoms with Gasteiger partial charge >= 0.3 is 0 Å². The van der Waals surface area contributed by atoms with Crippen molar-refractivity contribution in [1.82, 2.24) is 5.16 Å². The molecule has 0 fully saturated rings. The first-order valence-corrected chi connectivity index (χ1v) is 5.44. The molecule has 0 unspecified atom stereocenters. The zero-order chi connectivity index (χ0) is 11.7. The summed E-state index contributed by atoms with van der Waals surface area (Å²) in [5, 5.41) is 4.04. The molecule has 0 saturated heterocycles. The summed E-state index contributed by atoms with van der Waals surface area (Å²) in [6, 6.07) is 6.34. The Bertz CT molecular complexity index is 494.